The molecule has 102 valence electrons. The second-order valence-corrected chi connectivity index (χ2v) is 5.62. The summed E-state index contributed by atoms with van der Waals surface area (Å²) in [6.07, 6.45) is 4.43. The van der Waals surface area contributed by atoms with Crippen LogP contribution in [0, 0.1) is 0 Å². The topological polar surface area (TPSA) is 58.7 Å². The quantitative estimate of drug-likeness (QED) is 0.655. The van der Waals surface area contributed by atoms with Crippen molar-refractivity contribution in [3.63, 3.8) is 0 Å². The first-order valence-corrected chi connectivity index (χ1v) is 6.77. The first-order chi connectivity index (χ1) is 8.01. The molecule has 1 rings (SSSR count). The van der Waals surface area contributed by atoms with E-state index in [1.54, 1.807) is 0 Å². The number of piperidine rings is 1. The molecule has 3 N–H and O–H groups in total. The summed E-state index contributed by atoms with van der Waals surface area (Å²) in [5.41, 5.74) is 4.89. The molecule has 0 aromatic heterocycles. The molecular weight excluding hydrogens is 216 g/mol. The van der Waals surface area contributed by atoms with Crippen LogP contribution in [0.15, 0.2) is 0 Å². The van der Waals surface area contributed by atoms with Gasteiger partial charge in [-0.3, -0.25) is 0 Å². The smallest absolute Gasteiger partial charge is 0.0603 e. The fourth-order valence-electron chi connectivity index (χ4n) is 2.06. The van der Waals surface area contributed by atoms with Crippen molar-refractivity contribution >= 4 is 0 Å². The molecule has 1 aliphatic rings. The SMILES string of the molecule is CC(C)(O)CCN1CCC(OCCCN)CC1. The monoisotopic (exact) mass is 244 g/mol. The van der Waals surface area contributed by atoms with Crippen LogP contribution >= 0.6 is 0 Å². The molecule has 0 unspecified atom stereocenters. The minimum atomic E-state index is -0.547. The van der Waals surface area contributed by atoms with Crippen molar-refractivity contribution in [3.8, 4) is 0 Å². The Balaban J connectivity index is 2.09. The van der Waals surface area contributed by atoms with E-state index in [1.807, 2.05) is 13.8 Å². The fourth-order valence-corrected chi connectivity index (χ4v) is 2.06. The van der Waals surface area contributed by atoms with E-state index in [1.165, 1.54) is 0 Å². The number of nitrogens with zero attached hydrogens (tertiary/aromatic N) is 1. The Kier molecular flexibility index (Phi) is 6.41. The Morgan fingerprint density at radius 3 is 2.53 bits per heavy atom. The maximum Gasteiger partial charge on any atom is 0.0603 e. The normalized spacial score (nSPS) is 19.8. The number of nitrogens with two attached hydrogens (primary N) is 1. The van der Waals surface area contributed by atoms with Gasteiger partial charge >= 0.3 is 0 Å². The Morgan fingerprint density at radius 2 is 2.00 bits per heavy atom. The standard InChI is InChI=1S/C13H28N2O2/c1-13(2,16)6-10-15-8-4-12(5-9-15)17-11-3-7-14/h12,16H,3-11,14H2,1-2H3. The molecule has 4 nitrogen and oxygen atoms in total. The molecule has 1 aliphatic heterocycles. The van der Waals surface area contributed by atoms with Crippen LogP contribution in [-0.2, 0) is 4.74 Å². The Bertz CT molecular complexity index is 196. The van der Waals surface area contributed by atoms with Crippen LogP contribution < -0.4 is 5.73 Å². The number of ether oxygens (including phenoxy) is 1. The zero-order chi connectivity index (χ0) is 12.7. The van der Waals surface area contributed by atoms with E-state index in [0.717, 1.165) is 51.9 Å². The summed E-state index contributed by atoms with van der Waals surface area (Å²) in [6.45, 7) is 8.41. The highest BCUT2D eigenvalue weighted by Gasteiger charge is 2.21. The van der Waals surface area contributed by atoms with Crippen molar-refractivity contribution in [1.82, 2.24) is 4.90 Å². The fraction of sp³-hybridized carbons (Fsp3) is 1.00. The van der Waals surface area contributed by atoms with Gasteiger partial charge in [0.15, 0.2) is 0 Å². The first-order valence-electron chi connectivity index (χ1n) is 6.77. The van der Waals surface area contributed by atoms with E-state index < -0.39 is 5.60 Å². The number of aliphatic hydroxyl groups is 1. The van der Waals surface area contributed by atoms with Gasteiger partial charge in [-0.25, -0.2) is 0 Å². The average Bonchev–Trinajstić information content (AvgIpc) is 2.27. The third-order valence-corrected chi connectivity index (χ3v) is 3.28. The van der Waals surface area contributed by atoms with Crippen molar-refractivity contribution in [1.29, 1.82) is 0 Å². The van der Waals surface area contributed by atoms with E-state index in [2.05, 4.69) is 4.90 Å². The molecule has 0 bridgehead atoms. The van der Waals surface area contributed by atoms with Crippen molar-refractivity contribution < 1.29 is 9.84 Å². The minimum absolute atomic E-state index is 0.417. The average molecular weight is 244 g/mol. The second-order valence-electron chi connectivity index (χ2n) is 5.62. The van der Waals surface area contributed by atoms with Gasteiger partial charge in [-0.2, -0.15) is 0 Å². The molecule has 0 aromatic carbocycles. The molecular formula is C13H28N2O2. The molecule has 0 saturated carbocycles. The molecule has 0 spiro atoms. The Morgan fingerprint density at radius 1 is 1.35 bits per heavy atom. The van der Waals surface area contributed by atoms with Crippen LogP contribution in [0.4, 0.5) is 0 Å². The second kappa shape index (κ2) is 7.31. The summed E-state index contributed by atoms with van der Waals surface area (Å²) < 4.78 is 5.76. The Labute approximate surface area is 105 Å². The van der Waals surface area contributed by atoms with Gasteiger partial charge in [0.25, 0.3) is 0 Å². The molecule has 0 amide bonds. The van der Waals surface area contributed by atoms with Gasteiger partial charge in [0.1, 0.15) is 0 Å². The molecule has 1 heterocycles. The van der Waals surface area contributed by atoms with Crippen molar-refractivity contribution in [2.45, 2.75) is 51.2 Å². The zero-order valence-corrected chi connectivity index (χ0v) is 11.3. The van der Waals surface area contributed by atoms with E-state index in [4.69, 9.17) is 10.5 Å². The molecule has 0 atom stereocenters. The molecule has 1 fully saturated rings. The lowest BCUT2D eigenvalue weighted by Gasteiger charge is -2.33. The van der Waals surface area contributed by atoms with Gasteiger partial charge in [-0.15, -0.1) is 0 Å². The van der Waals surface area contributed by atoms with Crippen LogP contribution in [0.3, 0.4) is 0 Å². The van der Waals surface area contributed by atoms with E-state index in [-0.39, 0.29) is 0 Å². The highest BCUT2D eigenvalue weighted by Crippen LogP contribution is 2.16. The maximum atomic E-state index is 9.68. The molecule has 0 aliphatic carbocycles. The van der Waals surface area contributed by atoms with Gasteiger partial charge in [0.2, 0.25) is 0 Å². The van der Waals surface area contributed by atoms with Gasteiger partial charge in [0, 0.05) is 26.2 Å². The molecule has 4 heteroatoms. The summed E-state index contributed by atoms with van der Waals surface area (Å²) in [6, 6.07) is 0. The van der Waals surface area contributed by atoms with Crippen molar-refractivity contribution in [2.24, 2.45) is 5.73 Å². The third kappa shape index (κ3) is 6.99. The highest BCUT2D eigenvalue weighted by atomic mass is 16.5. The van der Waals surface area contributed by atoms with E-state index in [9.17, 15) is 5.11 Å². The van der Waals surface area contributed by atoms with Gasteiger partial charge < -0.3 is 20.5 Å². The van der Waals surface area contributed by atoms with Crippen LogP contribution in [0.25, 0.3) is 0 Å². The Hall–Kier alpha value is -0.160. The number of hydrogen-bond acceptors (Lipinski definition) is 4. The summed E-state index contributed by atoms with van der Waals surface area (Å²) in [5, 5.41) is 9.68. The zero-order valence-electron chi connectivity index (χ0n) is 11.3. The van der Waals surface area contributed by atoms with Gasteiger partial charge in [-0.1, -0.05) is 0 Å². The summed E-state index contributed by atoms with van der Waals surface area (Å²) >= 11 is 0. The molecule has 17 heavy (non-hydrogen) atoms. The third-order valence-electron chi connectivity index (χ3n) is 3.28. The number of hydrogen-bond donors (Lipinski definition) is 2. The summed E-state index contributed by atoms with van der Waals surface area (Å²) in [4.78, 5) is 2.42. The number of likely N-dealkylation sites (tertiary alicyclic amines) is 1. The maximum absolute atomic E-state index is 9.68. The predicted octanol–water partition coefficient (Wildman–Crippen LogP) is 0.977. The van der Waals surface area contributed by atoms with E-state index >= 15 is 0 Å². The van der Waals surface area contributed by atoms with Crippen LogP contribution in [-0.4, -0.2) is 54.5 Å². The lowest BCUT2D eigenvalue weighted by molar-refractivity contribution is -0.000478. The minimum Gasteiger partial charge on any atom is -0.390 e. The van der Waals surface area contributed by atoms with Crippen molar-refractivity contribution in [3.05, 3.63) is 0 Å². The lowest BCUT2D eigenvalue weighted by atomic mass is 10.0. The molecule has 1 saturated heterocycles. The largest absolute Gasteiger partial charge is 0.390 e. The van der Waals surface area contributed by atoms with E-state index in [0.29, 0.717) is 12.6 Å². The first kappa shape index (κ1) is 14.9. The van der Waals surface area contributed by atoms with Gasteiger partial charge in [0.05, 0.1) is 11.7 Å². The van der Waals surface area contributed by atoms with Crippen molar-refractivity contribution in [2.75, 3.05) is 32.8 Å². The van der Waals surface area contributed by atoms with Gasteiger partial charge in [-0.05, 0) is 46.1 Å². The molecule has 0 aromatic rings. The van der Waals surface area contributed by atoms with Crippen LogP contribution in [0.2, 0.25) is 0 Å². The summed E-state index contributed by atoms with van der Waals surface area (Å²) in [7, 11) is 0. The van der Waals surface area contributed by atoms with Crippen LogP contribution in [0.1, 0.15) is 39.5 Å². The summed E-state index contributed by atoms with van der Waals surface area (Å²) in [5.74, 6) is 0. The lowest BCUT2D eigenvalue weighted by Crippen LogP contribution is -2.39. The highest BCUT2D eigenvalue weighted by molar-refractivity contribution is 4.75. The molecule has 0 radical (unpaired) electrons. The number of rotatable bonds is 7. The van der Waals surface area contributed by atoms with Crippen LogP contribution in [0.5, 0.6) is 0 Å². The predicted molar refractivity (Wildman–Crippen MR) is 70.0 cm³/mol.